The number of carbonyl (C=O) groups excluding carboxylic acids is 2. The van der Waals surface area contributed by atoms with E-state index in [1.165, 1.54) is 19.1 Å². The number of esters is 1. The number of carbonyl (C=O) groups is 2. The normalized spacial score (nSPS) is 13.2. The first-order chi connectivity index (χ1) is 11.9. The van der Waals surface area contributed by atoms with E-state index in [-0.39, 0.29) is 18.1 Å². The van der Waals surface area contributed by atoms with Crippen molar-refractivity contribution in [2.75, 3.05) is 12.1 Å². The summed E-state index contributed by atoms with van der Waals surface area (Å²) in [4.78, 5) is 24.3. The van der Waals surface area contributed by atoms with E-state index in [0.29, 0.717) is 17.2 Å². The zero-order valence-corrected chi connectivity index (χ0v) is 13.7. The first-order valence-electron chi connectivity index (χ1n) is 7.65. The third-order valence-electron chi connectivity index (χ3n) is 3.67. The Morgan fingerprint density at radius 2 is 1.92 bits per heavy atom. The van der Waals surface area contributed by atoms with Crippen molar-refractivity contribution in [2.24, 2.45) is 0 Å². The van der Waals surface area contributed by atoms with E-state index in [1.807, 2.05) is 0 Å². The Bertz CT molecular complexity index is 832. The minimum atomic E-state index is -1.04. The highest BCUT2D eigenvalue weighted by atomic mass is 16.7. The minimum Gasteiger partial charge on any atom is -0.507 e. The number of benzene rings is 2. The Kier molecular flexibility index (Phi) is 4.47. The third-order valence-corrected chi connectivity index (χ3v) is 3.67. The average molecular weight is 343 g/mol. The van der Waals surface area contributed by atoms with Crippen LogP contribution in [0.5, 0.6) is 17.2 Å². The molecular formula is C18H17NO6. The molecule has 25 heavy (non-hydrogen) atoms. The highest BCUT2D eigenvalue weighted by Gasteiger charge is 2.22. The SMILES string of the molecule is Cc1ccc(C(=O)O[C@@H](C)C(=O)Nc2ccc3c(c2)OCO3)c(O)c1. The number of ether oxygens (including phenoxy) is 3. The molecule has 1 amide bonds. The lowest BCUT2D eigenvalue weighted by Gasteiger charge is -2.14. The molecule has 7 heteroatoms. The first-order valence-corrected chi connectivity index (χ1v) is 7.65. The number of fused-ring (bicyclic) bond motifs is 1. The summed E-state index contributed by atoms with van der Waals surface area (Å²) in [7, 11) is 0. The molecule has 2 aromatic carbocycles. The number of nitrogens with one attached hydrogen (secondary N) is 1. The highest BCUT2D eigenvalue weighted by Crippen LogP contribution is 2.34. The van der Waals surface area contributed by atoms with Crippen molar-refractivity contribution in [3.63, 3.8) is 0 Å². The van der Waals surface area contributed by atoms with Crippen molar-refractivity contribution in [1.82, 2.24) is 0 Å². The summed E-state index contributed by atoms with van der Waals surface area (Å²) < 4.78 is 15.6. The van der Waals surface area contributed by atoms with Gasteiger partial charge in [-0.1, -0.05) is 6.07 Å². The van der Waals surface area contributed by atoms with Crippen LogP contribution in [-0.2, 0) is 9.53 Å². The Hall–Kier alpha value is -3.22. The summed E-state index contributed by atoms with van der Waals surface area (Å²) in [5.41, 5.74) is 1.31. The molecule has 0 saturated carbocycles. The van der Waals surface area contributed by atoms with Gasteiger partial charge in [0.25, 0.3) is 5.91 Å². The molecule has 0 saturated heterocycles. The molecular weight excluding hydrogens is 326 g/mol. The van der Waals surface area contributed by atoms with Gasteiger partial charge in [0.1, 0.15) is 11.3 Å². The highest BCUT2D eigenvalue weighted by molar-refractivity contribution is 5.98. The molecule has 2 aromatic rings. The third kappa shape index (κ3) is 3.65. The van der Waals surface area contributed by atoms with Crippen molar-refractivity contribution in [3.8, 4) is 17.2 Å². The second kappa shape index (κ2) is 6.72. The molecule has 0 aromatic heterocycles. The summed E-state index contributed by atoms with van der Waals surface area (Å²) in [5, 5.41) is 12.4. The van der Waals surface area contributed by atoms with Crippen molar-refractivity contribution in [1.29, 1.82) is 0 Å². The molecule has 0 radical (unpaired) electrons. The maximum Gasteiger partial charge on any atom is 0.342 e. The largest absolute Gasteiger partial charge is 0.507 e. The van der Waals surface area contributed by atoms with Gasteiger partial charge >= 0.3 is 5.97 Å². The van der Waals surface area contributed by atoms with Crippen molar-refractivity contribution < 1.29 is 28.9 Å². The van der Waals surface area contributed by atoms with Gasteiger partial charge in [-0.15, -0.1) is 0 Å². The van der Waals surface area contributed by atoms with E-state index >= 15 is 0 Å². The summed E-state index contributed by atoms with van der Waals surface area (Å²) in [6, 6.07) is 9.54. The molecule has 7 nitrogen and oxygen atoms in total. The number of anilines is 1. The van der Waals surface area contributed by atoms with Gasteiger partial charge in [-0.05, 0) is 43.7 Å². The molecule has 1 aliphatic heterocycles. The van der Waals surface area contributed by atoms with Crippen molar-refractivity contribution in [2.45, 2.75) is 20.0 Å². The van der Waals surface area contributed by atoms with Crippen LogP contribution in [0.3, 0.4) is 0 Å². The maximum absolute atomic E-state index is 12.2. The fourth-order valence-electron chi connectivity index (χ4n) is 2.31. The number of phenolic OH excluding ortho intramolecular Hbond substituents is 1. The zero-order chi connectivity index (χ0) is 18.0. The smallest absolute Gasteiger partial charge is 0.342 e. The van der Waals surface area contributed by atoms with E-state index in [2.05, 4.69) is 5.32 Å². The molecule has 3 rings (SSSR count). The fourth-order valence-corrected chi connectivity index (χ4v) is 2.31. The van der Waals surface area contributed by atoms with Gasteiger partial charge < -0.3 is 24.6 Å². The van der Waals surface area contributed by atoms with Crippen LogP contribution in [0.2, 0.25) is 0 Å². The summed E-state index contributed by atoms with van der Waals surface area (Å²) in [6.07, 6.45) is -1.04. The lowest BCUT2D eigenvalue weighted by molar-refractivity contribution is -0.123. The van der Waals surface area contributed by atoms with Gasteiger partial charge in [-0.2, -0.15) is 0 Å². The summed E-state index contributed by atoms with van der Waals surface area (Å²) in [6.45, 7) is 3.38. The first kappa shape index (κ1) is 16.6. The number of phenols is 1. The molecule has 0 unspecified atom stereocenters. The van der Waals surface area contributed by atoms with Gasteiger partial charge in [0.2, 0.25) is 6.79 Å². The van der Waals surface area contributed by atoms with E-state index in [9.17, 15) is 14.7 Å². The van der Waals surface area contributed by atoms with Crippen LogP contribution in [0, 0.1) is 6.92 Å². The number of aromatic hydroxyl groups is 1. The number of hydrogen-bond acceptors (Lipinski definition) is 6. The monoisotopic (exact) mass is 343 g/mol. The summed E-state index contributed by atoms with van der Waals surface area (Å²) >= 11 is 0. The van der Waals surface area contributed by atoms with E-state index < -0.39 is 18.0 Å². The Morgan fingerprint density at radius 3 is 2.68 bits per heavy atom. The molecule has 1 aliphatic rings. The minimum absolute atomic E-state index is 0.00771. The predicted molar refractivity (Wildman–Crippen MR) is 88.9 cm³/mol. The number of amides is 1. The molecule has 0 fully saturated rings. The fraction of sp³-hybridized carbons (Fsp3) is 0.222. The van der Waals surface area contributed by atoms with Crippen LogP contribution >= 0.6 is 0 Å². The Balaban J connectivity index is 1.63. The number of aryl methyl sites for hydroxylation is 1. The molecule has 1 heterocycles. The molecule has 0 bridgehead atoms. The second-order valence-corrected chi connectivity index (χ2v) is 5.63. The average Bonchev–Trinajstić information content (AvgIpc) is 3.02. The lowest BCUT2D eigenvalue weighted by Crippen LogP contribution is -2.30. The van der Waals surface area contributed by atoms with Gasteiger partial charge in [-0.25, -0.2) is 4.79 Å². The van der Waals surface area contributed by atoms with Crippen molar-refractivity contribution in [3.05, 3.63) is 47.5 Å². The molecule has 0 spiro atoms. The molecule has 130 valence electrons. The quantitative estimate of drug-likeness (QED) is 0.829. The van der Waals surface area contributed by atoms with Crippen LogP contribution in [0.1, 0.15) is 22.8 Å². The standard InChI is InChI=1S/C18H17NO6/c1-10-3-5-13(14(20)7-10)18(22)25-11(2)17(21)19-12-4-6-15-16(8-12)24-9-23-15/h3-8,11,20H,9H2,1-2H3,(H,19,21)/t11-/m0/s1. The van der Waals surface area contributed by atoms with E-state index in [4.69, 9.17) is 14.2 Å². The number of hydrogen-bond donors (Lipinski definition) is 2. The van der Waals surface area contributed by atoms with Crippen LogP contribution in [-0.4, -0.2) is 29.9 Å². The maximum atomic E-state index is 12.2. The van der Waals surface area contributed by atoms with Crippen LogP contribution < -0.4 is 14.8 Å². The van der Waals surface area contributed by atoms with Crippen LogP contribution in [0.15, 0.2) is 36.4 Å². The molecule has 0 aliphatic carbocycles. The van der Waals surface area contributed by atoms with Gasteiger partial charge in [0.15, 0.2) is 17.6 Å². The van der Waals surface area contributed by atoms with E-state index in [1.54, 1.807) is 31.2 Å². The van der Waals surface area contributed by atoms with E-state index in [0.717, 1.165) is 5.56 Å². The summed E-state index contributed by atoms with van der Waals surface area (Å²) in [5.74, 6) is -0.322. The number of rotatable bonds is 4. The van der Waals surface area contributed by atoms with Crippen LogP contribution in [0.25, 0.3) is 0 Å². The Labute approximate surface area is 144 Å². The van der Waals surface area contributed by atoms with Gasteiger partial charge in [0, 0.05) is 11.8 Å². The lowest BCUT2D eigenvalue weighted by atomic mass is 10.1. The van der Waals surface area contributed by atoms with Crippen molar-refractivity contribution >= 4 is 17.6 Å². The second-order valence-electron chi connectivity index (χ2n) is 5.63. The molecule has 1 atom stereocenters. The predicted octanol–water partition coefficient (Wildman–Crippen LogP) is 2.61. The van der Waals surface area contributed by atoms with Gasteiger partial charge in [-0.3, -0.25) is 4.79 Å². The topological polar surface area (TPSA) is 94.1 Å². The zero-order valence-electron chi connectivity index (χ0n) is 13.7. The van der Waals surface area contributed by atoms with Gasteiger partial charge in [0.05, 0.1) is 0 Å². The molecule has 2 N–H and O–H groups in total. The van der Waals surface area contributed by atoms with Crippen LogP contribution in [0.4, 0.5) is 5.69 Å². The Morgan fingerprint density at radius 1 is 1.16 bits per heavy atom.